The Balaban J connectivity index is 1.90. The van der Waals surface area contributed by atoms with Gasteiger partial charge in [-0.2, -0.15) is 0 Å². The predicted octanol–water partition coefficient (Wildman–Crippen LogP) is 3.91. The second-order valence-corrected chi connectivity index (χ2v) is 5.58. The first kappa shape index (κ1) is 13.4. The van der Waals surface area contributed by atoms with Crippen LogP contribution in [-0.4, -0.2) is 12.5 Å². The highest BCUT2D eigenvalue weighted by atomic mass is 79.9. The zero-order valence-electron chi connectivity index (χ0n) is 9.40. The molecule has 3 nitrogen and oxygen atoms in total. The summed E-state index contributed by atoms with van der Waals surface area (Å²) in [5.74, 6) is 0.0794. The van der Waals surface area contributed by atoms with Gasteiger partial charge in [0, 0.05) is 6.54 Å². The average Bonchev–Trinajstić information content (AvgIpc) is 2.83. The summed E-state index contributed by atoms with van der Waals surface area (Å²) in [6.45, 7) is 0.501. The van der Waals surface area contributed by atoms with Gasteiger partial charge in [-0.1, -0.05) is 46.3 Å². The Hall–Kier alpha value is -1.07. The Kier molecular flexibility index (Phi) is 4.60. The number of alkyl halides is 1. The monoisotopic (exact) mass is 371 g/mol. The van der Waals surface area contributed by atoms with E-state index in [1.165, 1.54) is 0 Å². The summed E-state index contributed by atoms with van der Waals surface area (Å²) in [5.41, 5.74) is 1.12. The quantitative estimate of drug-likeness (QED) is 0.826. The van der Waals surface area contributed by atoms with Crippen molar-refractivity contribution in [3.05, 3.63) is 58.5 Å². The Bertz CT molecular complexity index is 525. The Labute approximate surface area is 122 Å². The standard InChI is InChI=1S/C13H11Br2NO2/c14-10(9-4-2-1-3-5-9)8-16-13(17)11-6-7-12(15)18-11/h1-7,10H,8H2,(H,16,17). The van der Waals surface area contributed by atoms with Gasteiger partial charge in [0.15, 0.2) is 10.4 Å². The van der Waals surface area contributed by atoms with Crippen LogP contribution in [0.5, 0.6) is 0 Å². The second-order valence-electron chi connectivity index (χ2n) is 3.69. The van der Waals surface area contributed by atoms with E-state index in [0.717, 1.165) is 5.56 Å². The molecule has 0 aliphatic carbocycles. The normalized spacial score (nSPS) is 12.1. The molecule has 1 N–H and O–H groups in total. The van der Waals surface area contributed by atoms with E-state index in [1.54, 1.807) is 12.1 Å². The molecule has 1 aromatic heterocycles. The number of halogens is 2. The molecule has 2 rings (SSSR count). The molecule has 5 heteroatoms. The number of hydrogen-bond acceptors (Lipinski definition) is 2. The van der Waals surface area contributed by atoms with Crippen LogP contribution in [0.4, 0.5) is 0 Å². The SMILES string of the molecule is O=C(NCC(Br)c1ccccc1)c1ccc(Br)o1. The highest BCUT2D eigenvalue weighted by Gasteiger charge is 2.13. The van der Waals surface area contributed by atoms with Crippen LogP contribution in [-0.2, 0) is 0 Å². The lowest BCUT2D eigenvalue weighted by Gasteiger charge is -2.10. The van der Waals surface area contributed by atoms with E-state index in [1.807, 2.05) is 30.3 Å². The lowest BCUT2D eigenvalue weighted by molar-refractivity contribution is 0.0925. The summed E-state index contributed by atoms with van der Waals surface area (Å²) in [7, 11) is 0. The molecule has 0 aliphatic rings. The first-order valence-electron chi connectivity index (χ1n) is 5.39. The molecule has 1 aromatic carbocycles. The van der Waals surface area contributed by atoms with Crippen molar-refractivity contribution in [2.45, 2.75) is 4.83 Å². The maximum absolute atomic E-state index is 11.7. The largest absolute Gasteiger partial charge is 0.444 e. The third-order valence-corrected chi connectivity index (χ3v) is 3.68. The fraction of sp³-hybridized carbons (Fsp3) is 0.154. The van der Waals surface area contributed by atoms with E-state index < -0.39 is 0 Å². The summed E-state index contributed by atoms with van der Waals surface area (Å²) in [6.07, 6.45) is 0. The van der Waals surface area contributed by atoms with Crippen molar-refractivity contribution in [2.24, 2.45) is 0 Å². The molecule has 1 atom stereocenters. The van der Waals surface area contributed by atoms with E-state index in [9.17, 15) is 4.79 Å². The summed E-state index contributed by atoms with van der Waals surface area (Å²) < 4.78 is 5.72. The topological polar surface area (TPSA) is 42.2 Å². The lowest BCUT2D eigenvalue weighted by atomic mass is 10.1. The number of carbonyl (C=O) groups is 1. The molecule has 0 spiro atoms. The second kappa shape index (κ2) is 6.20. The van der Waals surface area contributed by atoms with Crippen molar-refractivity contribution in [3.63, 3.8) is 0 Å². The minimum absolute atomic E-state index is 0.0843. The Morgan fingerprint density at radius 1 is 1.22 bits per heavy atom. The van der Waals surface area contributed by atoms with E-state index in [2.05, 4.69) is 37.2 Å². The molecule has 94 valence electrons. The number of hydrogen-bond donors (Lipinski definition) is 1. The van der Waals surface area contributed by atoms with Gasteiger partial charge in [-0.25, -0.2) is 0 Å². The zero-order valence-corrected chi connectivity index (χ0v) is 12.6. The number of rotatable bonds is 4. The molecule has 0 saturated heterocycles. The molecule has 1 heterocycles. The first-order chi connectivity index (χ1) is 8.66. The number of carbonyl (C=O) groups excluding carboxylic acids is 1. The van der Waals surface area contributed by atoms with E-state index in [4.69, 9.17) is 4.42 Å². The highest BCUT2D eigenvalue weighted by Crippen LogP contribution is 2.21. The van der Waals surface area contributed by atoms with E-state index in [-0.39, 0.29) is 10.7 Å². The van der Waals surface area contributed by atoms with Crippen molar-refractivity contribution < 1.29 is 9.21 Å². The van der Waals surface area contributed by atoms with Gasteiger partial charge in [-0.05, 0) is 33.6 Å². The van der Waals surface area contributed by atoms with Crippen molar-refractivity contribution >= 4 is 37.8 Å². The van der Waals surface area contributed by atoms with Gasteiger partial charge in [0.1, 0.15) is 0 Å². The van der Waals surface area contributed by atoms with Crippen LogP contribution in [0.2, 0.25) is 0 Å². The van der Waals surface area contributed by atoms with Crippen molar-refractivity contribution in [1.82, 2.24) is 5.32 Å². The van der Waals surface area contributed by atoms with Crippen LogP contribution in [0, 0.1) is 0 Å². The Morgan fingerprint density at radius 3 is 2.56 bits per heavy atom. The zero-order chi connectivity index (χ0) is 13.0. The van der Waals surface area contributed by atoms with Crippen LogP contribution in [0.1, 0.15) is 20.9 Å². The third kappa shape index (κ3) is 3.46. The van der Waals surface area contributed by atoms with Crippen LogP contribution >= 0.6 is 31.9 Å². The molecule has 1 unspecified atom stereocenters. The van der Waals surface area contributed by atoms with Crippen LogP contribution < -0.4 is 5.32 Å². The molecule has 18 heavy (non-hydrogen) atoms. The smallest absolute Gasteiger partial charge is 0.287 e. The summed E-state index contributed by atoms with van der Waals surface area (Å²) >= 11 is 6.70. The minimum atomic E-state index is -0.221. The van der Waals surface area contributed by atoms with Crippen LogP contribution in [0.25, 0.3) is 0 Å². The maximum Gasteiger partial charge on any atom is 0.287 e. The number of furan rings is 1. The molecule has 1 amide bonds. The first-order valence-corrected chi connectivity index (χ1v) is 7.10. The van der Waals surface area contributed by atoms with Gasteiger partial charge in [0.2, 0.25) is 0 Å². The molecular formula is C13H11Br2NO2. The van der Waals surface area contributed by atoms with Gasteiger partial charge in [-0.15, -0.1) is 0 Å². The molecule has 2 aromatic rings. The predicted molar refractivity (Wildman–Crippen MR) is 76.9 cm³/mol. The van der Waals surface area contributed by atoms with Gasteiger partial charge < -0.3 is 9.73 Å². The van der Waals surface area contributed by atoms with Gasteiger partial charge >= 0.3 is 0 Å². The van der Waals surface area contributed by atoms with E-state index in [0.29, 0.717) is 17.0 Å². The van der Waals surface area contributed by atoms with Gasteiger partial charge in [-0.3, -0.25) is 4.79 Å². The molecule has 0 bridgehead atoms. The third-order valence-electron chi connectivity index (χ3n) is 2.40. The minimum Gasteiger partial charge on any atom is -0.444 e. The number of benzene rings is 1. The maximum atomic E-state index is 11.7. The van der Waals surface area contributed by atoms with Crippen molar-refractivity contribution in [1.29, 1.82) is 0 Å². The molecule has 0 radical (unpaired) electrons. The number of amides is 1. The Morgan fingerprint density at radius 2 is 1.94 bits per heavy atom. The highest BCUT2D eigenvalue weighted by molar-refractivity contribution is 9.10. The van der Waals surface area contributed by atoms with Crippen LogP contribution in [0.15, 0.2) is 51.6 Å². The van der Waals surface area contributed by atoms with E-state index >= 15 is 0 Å². The van der Waals surface area contributed by atoms with Crippen LogP contribution in [0.3, 0.4) is 0 Å². The molecule has 0 aliphatic heterocycles. The number of nitrogens with one attached hydrogen (secondary N) is 1. The summed E-state index contributed by atoms with van der Waals surface area (Å²) in [4.78, 5) is 11.8. The lowest BCUT2D eigenvalue weighted by Crippen LogP contribution is -2.26. The molecule has 0 saturated carbocycles. The fourth-order valence-corrected chi connectivity index (χ4v) is 2.26. The van der Waals surface area contributed by atoms with Crippen molar-refractivity contribution in [3.8, 4) is 0 Å². The molecular weight excluding hydrogens is 362 g/mol. The van der Waals surface area contributed by atoms with Crippen molar-refractivity contribution in [2.75, 3.05) is 6.54 Å². The summed E-state index contributed by atoms with van der Waals surface area (Å²) in [5, 5.41) is 2.81. The van der Waals surface area contributed by atoms with Gasteiger partial charge in [0.05, 0.1) is 4.83 Å². The fourth-order valence-electron chi connectivity index (χ4n) is 1.49. The molecule has 0 fully saturated rings. The van der Waals surface area contributed by atoms with Gasteiger partial charge in [0.25, 0.3) is 5.91 Å². The average molecular weight is 373 g/mol. The summed E-state index contributed by atoms with van der Waals surface area (Å²) in [6, 6.07) is 13.2.